The van der Waals surface area contributed by atoms with Gasteiger partial charge in [0, 0.05) is 0 Å². The van der Waals surface area contributed by atoms with Crippen LogP contribution in [0.3, 0.4) is 0 Å². The summed E-state index contributed by atoms with van der Waals surface area (Å²) in [5, 5.41) is 9.39. The van der Waals surface area contributed by atoms with Gasteiger partial charge in [0.05, 0.1) is 0 Å². The first-order chi connectivity index (χ1) is 10.8. The average molecular weight is 313 g/mol. The number of carboxylic acids is 1. The van der Waals surface area contributed by atoms with E-state index in [4.69, 9.17) is 10.8 Å². The van der Waals surface area contributed by atoms with E-state index in [1.165, 1.54) is 24.7 Å². The van der Waals surface area contributed by atoms with Crippen molar-refractivity contribution in [3.05, 3.63) is 29.8 Å². The first-order valence-electron chi connectivity index (χ1n) is 8.82. The van der Waals surface area contributed by atoms with Crippen LogP contribution >= 0.6 is 0 Å². The van der Waals surface area contributed by atoms with Crippen LogP contribution in [-0.4, -0.2) is 24.4 Å². The molecule has 0 bridgehead atoms. The van der Waals surface area contributed by atoms with E-state index >= 15 is 0 Å². The zero-order valence-corrected chi connectivity index (χ0v) is 14.5. The summed E-state index contributed by atoms with van der Waals surface area (Å²) in [6, 6.07) is 7.62. The fourth-order valence-corrected chi connectivity index (χ4v) is 5.20. The Morgan fingerprint density at radius 2 is 2.00 bits per heavy atom. The number of carbonyl (C=O) groups is 1. The molecule has 1 aromatic rings. The highest BCUT2D eigenvalue weighted by molar-refractivity contribution is 6.58. The Labute approximate surface area is 139 Å². The second-order valence-corrected chi connectivity index (χ2v) is 8.46. The number of fused-ring (bicyclic) bond motifs is 1. The maximum atomic E-state index is 10.9. The molecule has 3 N–H and O–H groups in total. The van der Waals surface area contributed by atoms with E-state index in [0.717, 1.165) is 24.7 Å². The molecule has 124 valence electrons. The number of carboxylic acid groups (broad SMARTS) is 1. The maximum Gasteiger partial charge on any atom is 0.320 e. The molecule has 1 aromatic carbocycles. The standard InChI is InChI=1S/C19H28BNO2/c1-12-4-9-16-18(2,3)19(16,11-12)20-14-7-5-13(6-8-14)10-15(21)17(22)23/h5-8,12,15-16,20H,4,9-11,21H2,1-3H3,(H,22,23)/t12?,15-,16?,19?/m0/s1. The Morgan fingerprint density at radius 1 is 1.35 bits per heavy atom. The van der Waals surface area contributed by atoms with Crippen molar-refractivity contribution < 1.29 is 9.90 Å². The third kappa shape index (κ3) is 2.82. The van der Waals surface area contributed by atoms with Gasteiger partial charge in [-0.1, -0.05) is 63.3 Å². The van der Waals surface area contributed by atoms with Crippen LogP contribution in [0.1, 0.15) is 45.6 Å². The minimum absolute atomic E-state index is 0.395. The fourth-order valence-electron chi connectivity index (χ4n) is 5.20. The second kappa shape index (κ2) is 5.66. The quantitative estimate of drug-likeness (QED) is 0.820. The Kier molecular flexibility index (Phi) is 4.08. The van der Waals surface area contributed by atoms with Gasteiger partial charge in [-0.05, 0) is 41.0 Å². The number of benzene rings is 1. The van der Waals surface area contributed by atoms with Gasteiger partial charge in [0.25, 0.3) is 0 Å². The van der Waals surface area contributed by atoms with Gasteiger partial charge in [-0.25, -0.2) is 0 Å². The highest BCUT2D eigenvalue weighted by atomic mass is 16.4. The van der Waals surface area contributed by atoms with Gasteiger partial charge in [-0.3, -0.25) is 4.79 Å². The fraction of sp³-hybridized carbons (Fsp3) is 0.632. The zero-order valence-electron chi connectivity index (χ0n) is 14.5. The van der Waals surface area contributed by atoms with Gasteiger partial charge in [0.1, 0.15) is 6.04 Å². The van der Waals surface area contributed by atoms with Crippen molar-refractivity contribution in [3.63, 3.8) is 0 Å². The van der Waals surface area contributed by atoms with Crippen molar-refractivity contribution >= 4 is 18.7 Å². The summed E-state index contributed by atoms with van der Waals surface area (Å²) in [6.45, 7) is 7.27. The average Bonchev–Trinajstić information content (AvgIpc) is 2.95. The summed E-state index contributed by atoms with van der Waals surface area (Å²) in [5.74, 6) is 0.763. The van der Waals surface area contributed by atoms with Crippen molar-refractivity contribution in [2.75, 3.05) is 0 Å². The van der Waals surface area contributed by atoms with Gasteiger partial charge in [0.2, 0.25) is 0 Å². The monoisotopic (exact) mass is 313 g/mol. The van der Waals surface area contributed by atoms with E-state index in [1.54, 1.807) is 0 Å². The van der Waals surface area contributed by atoms with Crippen molar-refractivity contribution in [3.8, 4) is 0 Å². The van der Waals surface area contributed by atoms with Crippen molar-refractivity contribution in [2.45, 2.75) is 57.8 Å². The predicted octanol–water partition coefficient (Wildman–Crippen LogP) is 2.34. The largest absolute Gasteiger partial charge is 0.480 e. The summed E-state index contributed by atoms with van der Waals surface area (Å²) in [5.41, 5.74) is 8.46. The second-order valence-electron chi connectivity index (χ2n) is 8.46. The molecule has 23 heavy (non-hydrogen) atoms. The third-order valence-corrected chi connectivity index (χ3v) is 6.71. The molecule has 0 heterocycles. The smallest absolute Gasteiger partial charge is 0.320 e. The van der Waals surface area contributed by atoms with Gasteiger partial charge in [0.15, 0.2) is 7.28 Å². The summed E-state index contributed by atoms with van der Waals surface area (Å²) in [7, 11) is 1.15. The molecule has 0 radical (unpaired) electrons. The molecule has 2 aliphatic carbocycles. The molecule has 2 aliphatic rings. The molecular weight excluding hydrogens is 285 g/mol. The topological polar surface area (TPSA) is 63.3 Å². The molecule has 0 aliphatic heterocycles. The molecule has 4 atom stereocenters. The lowest BCUT2D eigenvalue weighted by Gasteiger charge is -2.27. The molecule has 3 rings (SSSR count). The number of aliphatic carboxylic acids is 1. The van der Waals surface area contributed by atoms with E-state index in [1.807, 2.05) is 12.1 Å². The molecule has 0 amide bonds. The van der Waals surface area contributed by atoms with E-state index in [2.05, 4.69) is 32.9 Å². The van der Waals surface area contributed by atoms with Crippen LogP contribution in [-0.2, 0) is 11.2 Å². The maximum absolute atomic E-state index is 10.9. The number of nitrogens with two attached hydrogens (primary N) is 1. The third-order valence-electron chi connectivity index (χ3n) is 6.71. The molecular formula is C19H28BNO2. The van der Waals surface area contributed by atoms with Crippen molar-refractivity contribution in [2.24, 2.45) is 23.0 Å². The van der Waals surface area contributed by atoms with Gasteiger partial charge >= 0.3 is 5.97 Å². The van der Waals surface area contributed by atoms with E-state index in [0.29, 0.717) is 17.2 Å². The minimum atomic E-state index is -0.938. The van der Waals surface area contributed by atoms with Crippen LogP contribution in [0.2, 0.25) is 5.31 Å². The molecule has 4 heteroatoms. The molecule has 0 spiro atoms. The lowest BCUT2D eigenvalue weighted by molar-refractivity contribution is -0.138. The van der Waals surface area contributed by atoms with Gasteiger partial charge in [-0.15, -0.1) is 0 Å². The summed E-state index contributed by atoms with van der Waals surface area (Å²) >= 11 is 0. The van der Waals surface area contributed by atoms with E-state index in [-0.39, 0.29) is 0 Å². The molecule has 2 saturated carbocycles. The zero-order chi connectivity index (χ0) is 16.8. The highest BCUT2D eigenvalue weighted by Crippen LogP contribution is 2.80. The first kappa shape index (κ1) is 16.6. The van der Waals surface area contributed by atoms with Crippen LogP contribution in [0.15, 0.2) is 24.3 Å². The lowest BCUT2D eigenvalue weighted by Crippen LogP contribution is -2.32. The molecule has 0 aromatic heterocycles. The predicted molar refractivity (Wildman–Crippen MR) is 95.5 cm³/mol. The normalized spacial score (nSPS) is 32.7. The van der Waals surface area contributed by atoms with E-state index < -0.39 is 12.0 Å². The van der Waals surface area contributed by atoms with Crippen molar-refractivity contribution in [1.29, 1.82) is 0 Å². The summed E-state index contributed by atoms with van der Waals surface area (Å²) in [6.07, 6.45) is 4.49. The Morgan fingerprint density at radius 3 is 2.61 bits per heavy atom. The minimum Gasteiger partial charge on any atom is -0.480 e. The SMILES string of the molecule is CC1CCC2C(C)(C)C2(Bc2ccc(C[C@H](N)C(=O)O)cc2)C1. The molecule has 3 nitrogen and oxygen atoms in total. The number of rotatable bonds is 5. The van der Waals surface area contributed by atoms with Crippen LogP contribution in [0, 0.1) is 17.3 Å². The lowest BCUT2D eigenvalue weighted by atomic mass is 9.49. The van der Waals surface area contributed by atoms with Gasteiger partial charge in [-0.2, -0.15) is 0 Å². The van der Waals surface area contributed by atoms with Crippen LogP contribution < -0.4 is 11.2 Å². The Bertz CT molecular complexity index is 598. The van der Waals surface area contributed by atoms with Crippen LogP contribution in [0.25, 0.3) is 0 Å². The Hall–Kier alpha value is -1.29. The molecule has 0 saturated heterocycles. The Balaban J connectivity index is 1.70. The van der Waals surface area contributed by atoms with Crippen LogP contribution in [0.4, 0.5) is 0 Å². The van der Waals surface area contributed by atoms with Gasteiger partial charge < -0.3 is 10.8 Å². The number of hydrogen-bond acceptors (Lipinski definition) is 2. The van der Waals surface area contributed by atoms with Crippen molar-refractivity contribution in [1.82, 2.24) is 0 Å². The number of hydrogen-bond donors (Lipinski definition) is 2. The molecule has 3 unspecified atom stereocenters. The van der Waals surface area contributed by atoms with Crippen LogP contribution in [0.5, 0.6) is 0 Å². The van der Waals surface area contributed by atoms with E-state index in [9.17, 15) is 4.79 Å². The first-order valence-corrected chi connectivity index (χ1v) is 8.82. The molecule has 2 fully saturated rings. The summed E-state index contributed by atoms with van der Waals surface area (Å²) in [4.78, 5) is 10.9. The summed E-state index contributed by atoms with van der Waals surface area (Å²) < 4.78 is 0. The highest BCUT2D eigenvalue weighted by Gasteiger charge is 2.70.